The Kier molecular flexibility index (Phi) is 10.9. The molecule has 1 saturated heterocycles. The summed E-state index contributed by atoms with van der Waals surface area (Å²) >= 11 is 0. The van der Waals surface area contributed by atoms with Crippen LogP contribution in [0.15, 0.2) is 53.5 Å². The van der Waals surface area contributed by atoms with Gasteiger partial charge in [0.25, 0.3) is 0 Å². The van der Waals surface area contributed by atoms with E-state index in [1.165, 1.54) is 11.3 Å². The SMILES string of the molecule is CCNC(=NCc1ccc(OCCOC)cc1)NC1CCN(c2ccc(C)cc2)C1.I. The maximum atomic E-state index is 5.62. The molecule has 7 heteroatoms. The maximum Gasteiger partial charge on any atom is 0.191 e. The molecule has 170 valence electrons. The first kappa shape index (κ1) is 25.3. The number of nitrogens with zero attached hydrogens (tertiary/aromatic N) is 2. The van der Waals surface area contributed by atoms with Crippen molar-refractivity contribution in [3.8, 4) is 5.75 Å². The van der Waals surface area contributed by atoms with Crippen molar-refractivity contribution in [3.63, 3.8) is 0 Å². The van der Waals surface area contributed by atoms with Crippen LogP contribution in [0.2, 0.25) is 0 Å². The fourth-order valence-corrected chi connectivity index (χ4v) is 3.49. The van der Waals surface area contributed by atoms with E-state index in [1.807, 2.05) is 12.1 Å². The molecule has 2 N–H and O–H groups in total. The van der Waals surface area contributed by atoms with Gasteiger partial charge >= 0.3 is 0 Å². The van der Waals surface area contributed by atoms with Gasteiger partial charge in [0.1, 0.15) is 12.4 Å². The summed E-state index contributed by atoms with van der Waals surface area (Å²) in [6.45, 7) is 8.88. The zero-order chi connectivity index (χ0) is 21.2. The van der Waals surface area contributed by atoms with E-state index in [2.05, 4.69) is 65.8 Å². The number of rotatable bonds is 9. The number of nitrogens with one attached hydrogen (secondary N) is 2. The lowest BCUT2D eigenvalue weighted by atomic mass is 10.2. The number of halogens is 1. The van der Waals surface area contributed by atoms with Crippen molar-refractivity contribution in [1.82, 2.24) is 10.6 Å². The van der Waals surface area contributed by atoms with Crippen LogP contribution < -0.4 is 20.3 Å². The molecule has 0 bridgehead atoms. The highest BCUT2D eigenvalue weighted by Gasteiger charge is 2.23. The van der Waals surface area contributed by atoms with Crippen LogP contribution in [-0.4, -0.2) is 52.0 Å². The van der Waals surface area contributed by atoms with E-state index in [-0.39, 0.29) is 24.0 Å². The second-order valence-corrected chi connectivity index (χ2v) is 7.59. The number of hydrogen-bond donors (Lipinski definition) is 2. The largest absolute Gasteiger partial charge is 0.491 e. The van der Waals surface area contributed by atoms with E-state index < -0.39 is 0 Å². The van der Waals surface area contributed by atoms with Crippen LogP contribution in [0.4, 0.5) is 5.69 Å². The van der Waals surface area contributed by atoms with Gasteiger partial charge in [-0.3, -0.25) is 0 Å². The Morgan fingerprint density at radius 2 is 1.84 bits per heavy atom. The van der Waals surface area contributed by atoms with Gasteiger partial charge in [-0.25, -0.2) is 4.99 Å². The monoisotopic (exact) mass is 538 g/mol. The lowest BCUT2D eigenvalue weighted by Crippen LogP contribution is -2.44. The minimum atomic E-state index is 0. The Labute approximate surface area is 203 Å². The van der Waals surface area contributed by atoms with Crippen molar-refractivity contribution in [2.75, 3.05) is 44.9 Å². The van der Waals surface area contributed by atoms with Crippen LogP contribution in [0.5, 0.6) is 5.75 Å². The van der Waals surface area contributed by atoms with Gasteiger partial charge in [-0.1, -0.05) is 29.8 Å². The number of guanidine groups is 1. The van der Waals surface area contributed by atoms with E-state index >= 15 is 0 Å². The van der Waals surface area contributed by atoms with Gasteiger partial charge in [0.15, 0.2) is 5.96 Å². The molecular weight excluding hydrogens is 503 g/mol. The van der Waals surface area contributed by atoms with Crippen molar-refractivity contribution in [3.05, 3.63) is 59.7 Å². The molecule has 0 radical (unpaired) electrons. The number of aryl methyl sites for hydroxylation is 1. The summed E-state index contributed by atoms with van der Waals surface area (Å²) in [6, 6.07) is 17.2. The molecule has 3 rings (SSSR count). The van der Waals surface area contributed by atoms with E-state index in [4.69, 9.17) is 14.5 Å². The maximum absolute atomic E-state index is 5.62. The summed E-state index contributed by atoms with van der Waals surface area (Å²) in [7, 11) is 1.67. The molecule has 0 aliphatic carbocycles. The molecule has 1 fully saturated rings. The molecule has 0 amide bonds. The van der Waals surface area contributed by atoms with Gasteiger partial charge in [-0.2, -0.15) is 0 Å². The van der Waals surface area contributed by atoms with E-state index in [1.54, 1.807) is 7.11 Å². The fourth-order valence-electron chi connectivity index (χ4n) is 3.49. The van der Waals surface area contributed by atoms with Crippen LogP contribution >= 0.6 is 24.0 Å². The number of aliphatic imine (C=N–C) groups is 1. The first-order valence-electron chi connectivity index (χ1n) is 10.7. The molecule has 1 aliphatic heterocycles. The first-order valence-corrected chi connectivity index (χ1v) is 10.7. The molecular formula is C24H35IN4O2. The van der Waals surface area contributed by atoms with Crippen LogP contribution in [0.1, 0.15) is 24.5 Å². The van der Waals surface area contributed by atoms with Gasteiger partial charge < -0.3 is 25.0 Å². The third-order valence-corrected chi connectivity index (χ3v) is 5.17. The van der Waals surface area contributed by atoms with E-state index in [0.717, 1.165) is 43.3 Å². The second kappa shape index (κ2) is 13.4. The summed E-state index contributed by atoms with van der Waals surface area (Å²) in [6.07, 6.45) is 1.10. The molecule has 1 heterocycles. The highest BCUT2D eigenvalue weighted by molar-refractivity contribution is 14.0. The lowest BCUT2D eigenvalue weighted by molar-refractivity contribution is 0.146. The van der Waals surface area contributed by atoms with Crippen molar-refractivity contribution in [2.24, 2.45) is 4.99 Å². The molecule has 6 nitrogen and oxygen atoms in total. The zero-order valence-corrected chi connectivity index (χ0v) is 21.1. The summed E-state index contributed by atoms with van der Waals surface area (Å²) in [5, 5.41) is 6.97. The molecule has 0 saturated carbocycles. The van der Waals surface area contributed by atoms with Crippen LogP contribution in [-0.2, 0) is 11.3 Å². The Morgan fingerprint density at radius 1 is 1.10 bits per heavy atom. The average molecular weight is 538 g/mol. The predicted octanol–water partition coefficient (Wildman–Crippen LogP) is 3.97. The minimum Gasteiger partial charge on any atom is -0.491 e. The molecule has 2 aromatic rings. The molecule has 1 unspecified atom stereocenters. The summed E-state index contributed by atoms with van der Waals surface area (Å²) in [5.74, 6) is 1.72. The quantitative estimate of drug-likeness (QED) is 0.219. The molecule has 2 aromatic carbocycles. The van der Waals surface area contributed by atoms with Crippen LogP contribution in [0.25, 0.3) is 0 Å². The van der Waals surface area contributed by atoms with Crippen molar-refractivity contribution >= 4 is 35.6 Å². The highest BCUT2D eigenvalue weighted by Crippen LogP contribution is 2.20. The number of hydrogen-bond acceptors (Lipinski definition) is 4. The summed E-state index contributed by atoms with van der Waals surface area (Å²) < 4.78 is 10.6. The third kappa shape index (κ3) is 8.22. The highest BCUT2D eigenvalue weighted by atomic mass is 127. The molecule has 31 heavy (non-hydrogen) atoms. The van der Waals surface area contributed by atoms with Gasteiger partial charge in [-0.15, -0.1) is 24.0 Å². The van der Waals surface area contributed by atoms with Gasteiger partial charge in [0, 0.05) is 38.5 Å². The van der Waals surface area contributed by atoms with Crippen molar-refractivity contribution in [1.29, 1.82) is 0 Å². The number of ether oxygens (including phenoxy) is 2. The topological polar surface area (TPSA) is 58.1 Å². The Balaban J connectivity index is 0.00000341. The molecule has 1 atom stereocenters. The molecule has 0 spiro atoms. The smallest absolute Gasteiger partial charge is 0.191 e. The number of methoxy groups -OCH3 is 1. The van der Waals surface area contributed by atoms with Crippen molar-refractivity contribution < 1.29 is 9.47 Å². The predicted molar refractivity (Wildman–Crippen MR) is 139 cm³/mol. The lowest BCUT2D eigenvalue weighted by Gasteiger charge is -2.20. The number of anilines is 1. The zero-order valence-electron chi connectivity index (χ0n) is 18.8. The Bertz CT molecular complexity index is 796. The van der Waals surface area contributed by atoms with Crippen LogP contribution in [0.3, 0.4) is 0 Å². The number of benzene rings is 2. The van der Waals surface area contributed by atoms with Gasteiger partial charge in [-0.05, 0) is 50.1 Å². The van der Waals surface area contributed by atoms with E-state index in [9.17, 15) is 0 Å². The standard InChI is InChI=1S/C24H34N4O2.HI/c1-4-25-24(26-17-20-7-11-23(12-8-20)30-16-15-29-3)27-21-13-14-28(18-21)22-9-5-19(2)6-10-22;/h5-12,21H,4,13-18H2,1-3H3,(H2,25,26,27);1H. The van der Waals surface area contributed by atoms with Gasteiger partial charge in [0.05, 0.1) is 13.2 Å². The molecule has 1 aliphatic rings. The Hall–Kier alpha value is -2.00. The fraction of sp³-hybridized carbons (Fsp3) is 0.458. The summed E-state index contributed by atoms with van der Waals surface area (Å²) in [5.41, 5.74) is 3.74. The second-order valence-electron chi connectivity index (χ2n) is 7.59. The minimum absolute atomic E-state index is 0. The summed E-state index contributed by atoms with van der Waals surface area (Å²) in [4.78, 5) is 7.21. The third-order valence-electron chi connectivity index (χ3n) is 5.17. The normalized spacial score (nSPS) is 16.0. The van der Waals surface area contributed by atoms with E-state index in [0.29, 0.717) is 25.8 Å². The van der Waals surface area contributed by atoms with Gasteiger partial charge in [0.2, 0.25) is 0 Å². The average Bonchev–Trinajstić information content (AvgIpc) is 3.22. The first-order chi connectivity index (χ1) is 14.7. The van der Waals surface area contributed by atoms with Crippen LogP contribution in [0, 0.1) is 6.92 Å². The Morgan fingerprint density at radius 3 is 2.52 bits per heavy atom. The molecule has 0 aromatic heterocycles. The van der Waals surface area contributed by atoms with Crippen molar-refractivity contribution in [2.45, 2.75) is 32.9 Å².